The fraction of sp³-hybridized carbons (Fsp3) is 0.412. The number of carboxylic acid groups (broad SMARTS) is 1. The van der Waals surface area contributed by atoms with Crippen LogP contribution in [0.25, 0.3) is 11.0 Å². The Morgan fingerprint density at radius 1 is 1.22 bits per heavy atom. The largest absolute Gasteiger partial charge is 0.465 e. The van der Waals surface area contributed by atoms with Crippen LogP contribution in [0, 0.1) is 0 Å². The zero-order chi connectivity index (χ0) is 16.4. The van der Waals surface area contributed by atoms with E-state index in [9.17, 15) is 9.59 Å². The molecule has 1 aliphatic rings. The summed E-state index contributed by atoms with van der Waals surface area (Å²) in [5.41, 5.74) is 2.73. The first kappa shape index (κ1) is 15.4. The molecule has 23 heavy (non-hydrogen) atoms. The van der Waals surface area contributed by atoms with Crippen LogP contribution < -0.4 is 10.6 Å². The van der Waals surface area contributed by atoms with Gasteiger partial charge in [-0.25, -0.2) is 4.79 Å². The number of furan rings is 1. The van der Waals surface area contributed by atoms with Gasteiger partial charge < -0.3 is 20.2 Å². The number of carbonyl (C=O) groups excluding carboxylic acids is 1. The highest BCUT2D eigenvalue weighted by Gasteiger charge is 2.18. The summed E-state index contributed by atoms with van der Waals surface area (Å²) >= 11 is 0. The molecule has 0 bridgehead atoms. The van der Waals surface area contributed by atoms with Gasteiger partial charge in [-0.3, -0.25) is 4.79 Å². The zero-order valence-corrected chi connectivity index (χ0v) is 13.0. The molecule has 122 valence electrons. The van der Waals surface area contributed by atoms with Crippen LogP contribution in [-0.4, -0.2) is 23.1 Å². The molecule has 0 spiro atoms. The van der Waals surface area contributed by atoms with E-state index in [1.807, 2.05) is 12.1 Å². The van der Waals surface area contributed by atoms with Crippen molar-refractivity contribution < 1.29 is 19.1 Å². The second kappa shape index (κ2) is 6.32. The van der Waals surface area contributed by atoms with Gasteiger partial charge in [-0.1, -0.05) is 6.42 Å². The highest BCUT2D eigenvalue weighted by Crippen LogP contribution is 2.32. The summed E-state index contributed by atoms with van der Waals surface area (Å²) in [6.45, 7) is 1.51. The molecule has 0 radical (unpaired) electrons. The van der Waals surface area contributed by atoms with Crippen LogP contribution >= 0.6 is 0 Å². The van der Waals surface area contributed by atoms with Crippen LogP contribution in [0.2, 0.25) is 0 Å². The van der Waals surface area contributed by atoms with Gasteiger partial charge in [0.1, 0.15) is 17.4 Å². The molecular formula is C17H20N2O4. The summed E-state index contributed by atoms with van der Waals surface area (Å²) in [5.74, 6) is 0.670. The minimum atomic E-state index is -1.22. The first-order valence-corrected chi connectivity index (χ1v) is 7.89. The van der Waals surface area contributed by atoms with Crippen LogP contribution in [0.1, 0.15) is 37.5 Å². The Morgan fingerprint density at radius 3 is 2.78 bits per heavy atom. The molecule has 2 aromatic rings. The summed E-state index contributed by atoms with van der Waals surface area (Å²) in [7, 11) is 0. The van der Waals surface area contributed by atoms with Crippen molar-refractivity contribution in [3.05, 3.63) is 29.5 Å². The first-order chi connectivity index (χ1) is 11.0. The Hall–Kier alpha value is -2.50. The number of carbonyl (C=O) groups is 2. The predicted molar refractivity (Wildman–Crippen MR) is 86.7 cm³/mol. The smallest absolute Gasteiger partial charge is 0.405 e. The van der Waals surface area contributed by atoms with E-state index >= 15 is 0 Å². The van der Waals surface area contributed by atoms with Crippen molar-refractivity contribution in [3.63, 3.8) is 0 Å². The third-order valence-electron chi connectivity index (χ3n) is 4.21. The summed E-state index contributed by atoms with van der Waals surface area (Å²) < 4.78 is 5.93. The summed E-state index contributed by atoms with van der Waals surface area (Å²) in [5, 5.41) is 14.6. The lowest BCUT2D eigenvalue weighted by Crippen LogP contribution is -2.40. The number of hydrogen-bond acceptors (Lipinski definition) is 3. The molecule has 0 saturated carbocycles. The number of hydrogen-bond donors (Lipinski definition) is 3. The third kappa shape index (κ3) is 3.31. The Balaban J connectivity index is 1.83. The van der Waals surface area contributed by atoms with E-state index in [4.69, 9.17) is 9.52 Å². The average Bonchev–Trinajstić information content (AvgIpc) is 2.68. The molecule has 1 aromatic carbocycles. The lowest BCUT2D eigenvalue weighted by Gasteiger charge is -2.12. The fourth-order valence-electron chi connectivity index (χ4n) is 3.02. The van der Waals surface area contributed by atoms with E-state index in [0.29, 0.717) is 5.69 Å². The monoisotopic (exact) mass is 316 g/mol. The fourth-order valence-corrected chi connectivity index (χ4v) is 3.02. The van der Waals surface area contributed by atoms with Crippen molar-refractivity contribution >= 4 is 28.7 Å². The van der Waals surface area contributed by atoms with Crippen molar-refractivity contribution in [3.8, 4) is 0 Å². The standard InChI is InChI=1S/C17H20N2O4/c1-10(18-17(21)22)16(20)19-11-7-8-15-13(9-11)12-5-3-2-4-6-14(12)23-15/h7-10,18H,2-6H2,1H3,(H,19,20)(H,21,22)/t10-/m0/s1. The predicted octanol–water partition coefficient (Wildman–Crippen LogP) is 3.30. The number of nitrogens with one attached hydrogen (secondary N) is 2. The molecule has 3 N–H and O–H groups in total. The van der Waals surface area contributed by atoms with Gasteiger partial charge in [-0.15, -0.1) is 0 Å². The van der Waals surface area contributed by atoms with Crippen LogP contribution in [0.15, 0.2) is 22.6 Å². The summed E-state index contributed by atoms with van der Waals surface area (Å²) in [6.07, 6.45) is 4.25. The van der Waals surface area contributed by atoms with Crippen LogP contribution in [0.4, 0.5) is 10.5 Å². The minimum absolute atomic E-state index is 0.388. The maximum absolute atomic E-state index is 12.0. The topological polar surface area (TPSA) is 91.6 Å². The Morgan fingerprint density at radius 2 is 2.00 bits per heavy atom. The molecule has 1 aliphatic carbocycles. The maximum Gasteiger partial charge on any atom is 0.405 e. The summed E-state index contributed by atoms with van der Waals surface area (Å²) in [6, 6.07) is 4.73. The minimum Gasteiger partial charge on any atom is -0.465 e. The van der Waals surface area contributed by atoms with Crippen LogP contribution in [-0.2, 0) is 17.6 Å². The van der Waals surface area contributed by atoms with E-state index in [1.165, 1.54) is 18.9 Å². The van der Waals surface area contributed by atoms with Crippen molar-refractivity contribution in [2.45, 2.75) is 45.1 Å². The normalized spacial score (nSPS) is 15.5. The lowest BCUT2D eigenvalue weighted by atomic mass is 10.1. The molecular weight excluding hydrogens is 296 g/mol. The van der Waals surface area contributed by atoms with Gasteiger partial charge in [0.15, 0.2) is 0 Å². The van der Waals surface area contributed by atoms with Crippen molar-refractivity contribution in [2.24, 2.45) is 0 Å². The van der Waals surface area contributed by atoms with Crippen molar-refractivity contribution in [2.75, 3.05) is 5.32 Å². The van der Waals surface area contributed by atoms with Gasteiger partial charge in [0.25, 0.3) is 0 Å². The quantitative estimate of drug-likeness (QED) is 0.758. The van der Waals surface area contributed by atoms with Gasteiger partial charge in [0, 0.05) is 23.1 Å². The van der Waals surface area contributed by atoms with E-state index < -0.39 is 12.1 Å². The number of amides is 2. The molecule has 1 atom stereocenters. The van der Waals surface area contributed by atoms with Gasteiger partial charge >= 0.3 is 6.09 Å². The molecule has 6 nitrogen and oxygen atoms in total. The Bertz CT molecular complexity index is 750. The molecule has 0 unspecified atom stereocenters. The molecule has 0 saturated heterocycles. The van der Waals surface area contributed by atoms with Gasteiger partial charge in [-0.05, 0) is 44.4 Å². The third-order valence-corrected chi connectivity index (χ3v) is 4.21. The van der Waals surface area contributed by atoms with Crippen LogP contribution in [0.3, 0.4) is 0 Å². The van der Waals surface area contributed by atoms with Gasteiger partial charge in [0.05, 0.1) is 0 Å². The molecule has 2 amide bonds. The van der Waals surface area contributed by atoms with E-state index in [1.54, 1.807) is 6.07 Å². The zero-order valence-electron chi connectivity index (χ0n) is 13.0. The van der Waals surface area contributed by atoms with E-state index in [0.717, 1.165) is 42.4 Å². The SMILES string of the molecule is C[C@H](NC(=O)O)C(=O)Nc1ccc2oc3c(c2c1)CCCCC3. The molecule has 0 aliphatic heterocycles. The number of rotatable bonds is 3. The lowest BCUT2D eigenvalue weighted by molar-refractivity contribution is -0.117. The summed E-state index contributed by atoms with van der Waals surface area (Å²) in [4.78, 5) is 22.6. The molecule has 6 heteroatoms. The number of fused-ring (bicyclic) bond motifs is 3. The second-order valence-corrected chi connectivity index (χ2v) is 5.94. The number of anilines is 1. The second-order valence-electron chi connectivity index (χ2n) is 5.94. The maximum atomic E-state index is 12.0. The van der Waals surface area contributed by atoms with Gasteiger partial charge in [0.2, 0.25) is 5.91 Å². The van der Waals surface area contributed by atoms with Crippen molar-refractivity contribution in [1.82, 2.24) is 5.32 Å². The molecule has 1 aromatic heterocycles. The van der Waals surface area contributed by atoms with E-state index in [-0.39, 0.29) is 5.91 Å². The highest BCUT2D eigenvalue weighted by molar-refractivity contribution is 5.98. The Labute approximate surface area is 133 Å². The van der Waals surface area contributed by atoms with E-state index in [2.05, 4.69) is 10.6 Å². The van der Waals surface area contributed by atoms with Crippen molar-refractivity contribution in [1.29, 1.82) is 0 Å². The molecule has 1 heterocycles. The van der Waals surface area contributed by atoms with Crippen LogP contribution in [0.5, 0.6) is 0 Å². The molecule has 3 rings (SSSR count). The average molecular weight is 316 g/mol. The van der Waals surface area contributed by atoms with Gasteiger partial charge in [-0.2, -0.15) is 0 Å². The Kier molecular flexibility index (Phi) is 4.23. The molecule has 0 fully saturated rings. The first-order valence-electron chi connectivity index (χ1n) is 7.89. The number of aryl methyl sites for hydroxylation is 2. The number of benzene rings is 1. The highest BCUT2D eigenvalue weighted by atomic mass is 16.4.